The van der Waals surface area contributed by atoms with Crippen LogP contribution in [0.15, 0.2) is 24.3 Å². The number of amides is 2. The van der Waals surface area contributed by atoms with Crippen LogP contribution in [0.2, 0.25) is 0 Å². The molecule has 1 aromatic heterocycles. The maximum absolute atomic E-state index is 12.1. The molecule has 7 nitrogen and oxygen atoms in total. The van der Waals surface area contributed by atoms with Crippen molar-refractivity contribution in [3.05, 3.63) is 35.5 Å². The smallest absolute Gasteiger partial charge is 0.322 e. The van der Waals surface area contributed by atoms with E-state index in [-0.39, 0.29) is 18.4 Å². The summed E-state index contributed by atoms with van der Waals surface area (Å²) in [4.78, 5) is 38.7. The van der Waals surface area contributed by atoms with Gasteiger partial charge in [0.1, 0.15) is 6.54 Å². The zero-order chi connectivity index (χ0) is 17.3. The number of carbonyl (C=O) groups excluding carboxylic acids is 2. The van der Waals surface area contributed by atoms with Gasteiger partial charge in [-0.3, -0.25) is 24.7 Å². The molecule has 3 N–H and O–H groups in total. The van der Waals surface area contributed by atoms with Gasteiger partial charge in [0.15, 0.2) is 0 Å². The van der Waals surface area contributed by atoms with Crippen molar-refractivity contribution >= 4 is 34.4 Å². The van der Waals surface area contributed by atoms with Crippen molar-refractivity contribution in [1.82, 2.24) is 10.3 Å². The van der Waals surface area contributed by atoms with E-state index in [1.807, 2.05) is 19.1 Å². The quantitative estimate of drug-likeness (QED) is 0.736. The maximum atomic E-state index is 12.1. The number of pyridine rings is 1. The predicted octanol–water partition coefficient (Wildman–Crippen LogP) is 1.56. The van der Waals surface area contributed by atoms with Crippen molar-refractivity contribution in [3.63, 3.8) is 0 Å². The van der Waals surface area contributed by atoms with Gasteiger partial charge in [0, 0.05) is 17.5 Å². The van der Waals surface area contributed by atoms with Crippen molar-refractivity contribution < 1.29 is 19.5 Å². The summed E-state index contributed by atoms with van der Waals surface area (Å²) in [6.45, 7) is 1.61. The van der Waals surface area contributed by atoms with Crippen LogP contribution in [-0.4, -0.2) is 34.4 Å². The Morgan fingerprint density at radius 1 is 1.42 bits per heavy atom. The minimum absolute atomic E-state index is 0.200. The number of hydrogen-bond acceptors (Lipinski definition) is 5. The molecule has 124 valence electrons. The second-order valence-corrected chi connectivity index (χ2v) is 5.79. The molecule has 2 amide bonds. The average Bonchev–Trinajstić information content (AvgIpc) is 2.53. The third kappa shape index (κ3) is 3.05. The minimum atomic E-state index is -0.955. The number of rotatable bonds is 4. The van der Waals surface area contributed by atoms with Gasteiger partial charge < -0.3 is 10.4 Å². The third-order valence-corrected chi connectivity index (χ3v) is 4.12. The molecule has 1 aliphatic rings. The summed E-state index contributed by atoms with van der Waals surface area (Å²) < 4.78 is 0. The van der Waals surface area contributed by atoms with Crippen molar-refractivity contribution in [2.75, 3.05) is 11.9 Å². The highest BCUT2D eigenvalue weighted by molar-refractivity contribution is 6.01. The van der Waals surface area contributed by atoms with Crippen molar-refractivity contribution in [1.29, 1.82) is 0 Å². The van der Waals surface area contributed by atoms with Crippen molar-refractivity contribution in [2.45, 2.75) is 25.7 Å². The van der Waals surface area contributed by atoms with Crippen molar-refractivity contribution in [2.24, 2.45) is 0 Å². The highest BCUT2D eigenvalue weighted by Gasteiger charge is 2.29. The molecule has 1 atom stereocenters. The van der Waals surface area contributed by atoms with E-state index in [1.165, 1.54) is 0 Å². The van der Waals surface area contributed by atoms with Crippen LogP contribution in [0.1, 0.15) is 30.0 Å². The first-order chi connectivity index (χ1) is 11.5. The molecule has 0 saturated carbocycles. The van der Waals surface area contributed by atoms with E-state index >= 15 is 0 Å². The highest BCUT2D eigenvalue weighted by Crippen LogP contribution is 2.31. The lowest BCUT2D eigenvalue weighted by molar-refractivity contribution is -0.135. The van der Waals surface area contributed by atoms with Crippen LogP contribution in [0.5, 0.6) is 0 Å². The molecule has 7 heteroatoms. The largest absolute Gasteiger partial charge is 0.480 e. The number of nitrogens with zero attached hydrogens (tertiary/aromatic N) is 1. The first-order valence-corrected chi connectivity index (χ1v) is 7.65. The summed E-state index contributed by atoms with van der Waals surface area (Å²) in [6.07, 6.45) is 0.781. The monoisotopic (exact) mass is 327 g/mol. The number of fused-ring (bicyclic) bond motifs is 1. The fourth-order valence-electron chi connectivity index (χ4n) is 2.96. The average molecular weight is 327 g/mol. The number of carboxylic acid groups (broad SMARTS) is 1. The zero-order valence-corrected chi connectivity index (χ0v) is 13.1. The highest BCUT2D eigenvalue weighted by atomic mass is 16.4. The number of imide groups is 1. The molecule has 2 heterocycles. The first kappa shape index (κ1) is 15.9. The first-order valence-electron chi connectivity index (χ1n) is 7.65. The molecule has 0 spiro atoms. The molecule has 0 radical (unpaired) electrons. The second kappa shape index (κ2) is 6.27. The van der Waals surface area contributed by atoms with Crippen LogP contribution >= 0.6 is 0 Å². The van der Waals surface area contributed by atoms with Gasteiger partial charge in [-0.15, -0.1) is 0 Å². The standard InChI is InChI=1S/C17H17N3O4/c1-9-12(11-5-6-14(21)20-17(11)24)7-10-3-2-4-13(16(10)19-9)18-8-15(22)23/h2-4,7,11,18H,5-6,8H2,1H3,(H,22,23)(H,20,21,24). The molecule has 0 aliphatic carbocycles. The molecule has 3 rings (SSSR count). The number of para-hydroxylation sites is 1. The predicted molar refractivity (Wildman–Crippen MR) is 87.7 cm³/mol. The van der Waals surface area contributed by atoms with Gasteiger partial charge in [0.05, 0.1) is 17.1 Å². The normalized spacial score (nSPS) is 17.6. The van der Waals surface area contributed by atoms with Gasteiger partial charge in [0.2, 0.25) is 11.8 Å². The lowest BCUT2D eigenvalue weighted by atomic mass is 9.89. The van der Waals surface area contributed by atoms with E-state index in [1.54, 1.807) is 12.1 Å². The summed E-state index contributed by atoms with van der Waals surface area (Å²) in [5, 5.41) is 14.8. The molecular weight excluding hydrogens is 310 g/mol. The van der Waals surface area contributed by atoms with E-state index in [4.69, 9.17) is 5.11 Å². The summed E-state index contributed by atoms with van der Waals surface area (Å²) in [5.74, 6) is -1.89. The fourth-order valence-corrected chi connectivity index (χ4v) is 2.96. The van der Waals surface area contributed by atoms with Crippen LogP contribution in [0, 0.1) is 6.92 Å². The molecule has 1 fully saturated rings. The molecule has 1 saturated heterocycles. The summed E-state index contributed by atoms with van der Waals surface area (Å²) >= 11 is 0. The third-order valence-electron chi connectivity index (χ3n) is 4.12. The maximum Gasteiger partial charge on any atom is 0.322 e. The lowest BCUT2D eigenvalue weighted by Gasteiger charge is -2.22. The van der Waals surface area contributed by atoms with E-state index < -0.39 is 11.9 Å². The van der Waals surface area contributed by atoms with Crippen LogP contribution in [0.3, 0.4) is 0 Å². The minimum Gasteiger partial charge on any atom is -0.480 e. The van der Waals surface area contributed by atoms with Gasteiger partial charge in [-0.05, 0) is 31.0 Å². The number of hydrogen-bond donors (Lipinski definition) is 3. The SMILES string of the molecule is Cc1nc2c(NCC(=O)O)cccc2cc1C1CCC(=O)NC1=O. The Labute approximate surface area is 138 Å². The molecular formula is C17H17N3O4. The Kier molecular flexibility index (Phi) is 4.16. The Morgan fingerprint density at radius 3 is 2.92 bits per heavy atom. The van der Waals surface area contributed by atoms with Crippen LogP contribution in [0.4, 0.5) is 5.69 Å². The second-order valence-electron chi connectivity index (χ2n) is 5.79. The van der Waals surface area contributed by atoms with E-state index in [2.05, 4.69) is 15.6 Å². The van der Waals surface area contributed by atoms with Crippen LogP contribution in [0.25, 0.3) is 10.9 Å². The van der Waals surface area contributed by atoms with Gasteiger partial charge in [-0.25, -0.2) is 0 Å². The van der Waals surface area contributed by atoms with Crippen molar-refractivity contribution in [3.8, 4) is 0 Å². The van der Waals surface area contributed by atoms with E-state index in [9.17, 15) is 14.4 Å². The number of piperidine rings is 1. The molecule has 2 aromatic rings. The molecule has 1 aromatic carbocycles. The molecule has 24 heavy (non-hydrogen) atoms. The van der Waals surface area contributed by atoms with Gasteiger partial charge >= 0.3 is 5.97 Å². The van der Waals surface area contributed by atoms with Gasteiger partial charge in [-0.1, -0.05) is 12.1 Å². The Morgan fingerprint density at radius 2 is 2.21 bits per heavy atom. The summed E-state index contributed by atoms with van der Waals surface area (Å²) in [6, 6.07) is 7.33. The number of carboxylic acids is 1. The Hall–Kier alpha value is -2.96. The number of benzene rings is 1. The van der Waals surface area contributed by atoms with E-state index in [0.29, 0.717) is 29.7 Å². The number of carbonyl (C=O) groups is 3. The molecule has 1 aliphatic heterocycles. The Balaban J connectivity index is 2.00. The number of anilines is 1. The molecule has 0 bridgehead atoms. The van der Waals surface area contributed by atoms with Gasteiger partial charge in [0.25, 0.3) is 0 Å². The summed E-state index contributed by atoms with van der Waals surface area (Å²) in [5.41, 5.74) is 2.78. The van der Waals surface area contributed by atoms with Crippen LogP contribution in [-0.2, 0) is 14.4 Å². The number of aliphatic carboxylic acids is 1. The Bertz CT molecular complexity index is 847. The topological polar surface area (TPSA) is 108 Å². The van der Waals surface area contributed by atoms with Gasteiger partial charge in [-0.2, -0.15) is 0 Å². The lowest BCUT2D eigenvalue weighted by Crippen LogP contribution is -2.39. The number of aryl methyl sites for hydroxylation is 1. The summed E-state index contributed by atoms with van der Waals surface area (Å²) in [7, 11) is 0. The van der Waals surface area contributed by atoms with Crippen LogP contribution < -0.4 is 10.6 Å². The molecule has 1 unspecified atom stereocenters. The fraction of sp³-hybridized carbons (Fsp3) is 0.294. The number of nitrogens with one attached hydrogen (secondary N) is 2. The zero-order valence-electron chi connectivity index (χ0n) is 13.1. The number of aromatic nitrogens is 1. The van der Waals surface area contributed by atoms with E-state index in [0.717, 1.165) is 10.9 Å².